The van der Waals surface area contributed by atoms with Gasteiger partial charge in [-0.05, 0) is 64.3 Å². The molecule has 1 amide bonds. The van der Waals surface area contributed by atoms with E-state index in [1.54, 1.807) is 19.5 Å². The molecule has 41 heavy (non-hydrogen) atoms. The first kappa shape index (κ1) is 28.4. The Morgan fingerprint density at radius 3 is 2.56 bits per heavy atom. The van der Waals surface area contributed by atoms with E-state index >= 15 is 0 Å². The Bertz CT molecular complexity index is 1530. The van der Waals surface area contributed by atoms with Crippen LogP contribution in [-0.4, -0.2) is 62.6 Å². The van der Waals surface area contributed by atoms with Crippen molar-refractivity contribution in [3.05, 3.63) is 53.3 Å². The number of amides is 1. The van der Waals surface area contributed by atoms with Gasteiger partial charge in [-0.1, -0.05) is 23.7 Å². The number of hydrogen-bond acceptors (Lipinski definition) is 9. The van der Waals surface area contributed by atoms with E-state index in [1.807, 2.05) is 58.0 Å². The fourth-order valence-corrected chi connectivity index (χ4v) is 4.98. The molecule has 4 aromatic rings. The van der Waals surface area contributed by atoms with Gasteiger partial charge in [-0.3, -0.25) is 5.10 Å². The van der Waals surface area contributed by atoms with E-state index in [0.29, 0.717) is 52.9 Å². The zero-order chi connectivity index (χ0) is 29.2. The molecule has 1 aliphatic heterocycles. The number of benzene rings is 1. The molecule has 0 saturated carbocycles. The number of rotatable bonds is 7. The molecule has 1 fully saturated rings. The number of carbonyl (C=O) groups excluding carboxylic acids is 1. The largest absolute Gasteiger partial charge is 0.497 e. The second-order valence-electron chi connectivity index (χ2n) is 11.4. The third-order valence-corrected chi connectivity index (χ3v) is 7.40. The average molecular weight is 579 g/mol. The van der Waals surface area contributed by atoms with E-state index in [0.717, 1.165) is 30.0 Å². The number of H-pyrrole nitrogens is 1. The normalized spacial score (nSPS) is 15.0. The van der Waals surface area contributed by atoms with E-state index in [1.165, 1.54) is 0 Å². The molecule has 216 valence electrons. The van der Waals surface area contributed by atoms with Gasteiger partial charge in [0.15, 0.2) is 5.65 Å². The molecular formula is C29H35ClN8O3. The van der Waals surface area contributed by atoms with Crippen molar-refractivity contribution in [2.45, 2.75) is 58.2 Å². The number of hydrogen-bond donors (Lipinski definition) is 3. The van der Waals surface area contributed by atoms with E-state index in [9.17, 15) is 4.79 Å². The molecule has 1 aromatic carbocycles. The number of alkyl carbamates (subject to hydrolysis) is 1. The lowest BCUT2D eigenvalue weighted by molar-refractivity contribution is 0.0448. The second kappa shape index (κ2) is 11.4. The van der Waals surface area contributed by atoms with Crippen LogP contribution in [-0.2, 0) is 11.3 Å². The van der Waals surface area contributed by atoms with E-state index in [2.05, 4.69) is 30.7 Å². The van der Waals surface area contributed by atoms with Crippen LogP contribution in [0.1, 0.15) is 46.1 Å². The topological polar surface area (TPSA) is 130 Å². The molecule has 0 atom stereocenters. The molecule has 3 aromatic heterocycles. The van der Waals surface area contributed by atoms with Crippen LogP contribution in [0.5, 0.6) is 5.75 Å². The molecule has 0 bridgehead atoms. The molecule has 0 unspecified atom stereocenters. The van der Waals surface area contributed by atoms with Crippen LogP contribution < -0.4 is 20.3 Å². The minimum atomic E-state index is -0.537. The minimum absolute atomic E-state index is 0.352. The number of nitrogens with one attached hydrogen (secondary N) is 3. The Balaban J connectivity index is 1.27. The summed E-state index contributed by atoms with van der Waals surface area (Å²) in [6.07, 6.45) is 4.55. The standard InChI is InChI=1S/C29H35ClN8O3/c1-28(2,3)41-27(39)35-29(4)11-14-38(15-12-29)21-17-32-24-23(36-37-26(24)34-21)20-10-13-31-25(22(20)30)33-16-18-6-8-19(40-5)9-7-18/h6-10,13,17H,11-12,14-16H2,1-5H3,(H,31,33)(H,35,39)(H,34,36,37). The predicted molar refractivity (Wildman–Crippen MR) is 159 cm³/mol. The van der Waals surface area contributed by atoms with Crippen molar-refractivity contribution in [2.75, 3.05) is 30.4 Å². The van der Waals surface area contributed by atoms with Gasteiger partial charge >= 0.3 is 6.09 Å². The maximum atomic E-state index is 12.3. The van der Waals surface area contributed by atoms with Gasteiger partial charge in [-0.25, -0.2) is 19.7 Å². The lowest BCUT2D eigenvalue weighted by atomic mass is 9.90. The number of fused-ring (bicyclic) bond motifs is 1. The van der Waals surface area contributed by atoms with Crippen molar-refractivity contribution >= 4 is 40.5 Å². The lowest BCUT2D eigenvalue weighted by Gasteiger charge is -2.40. The number of pyridine rings is 1. The summed E-state index contributed by atoms with van der Waals surface area (Å²) in [5.41, 5.74) is 2.67. The zero-order valence-electron chi connectivity index (χ0n) is 23.9. The van der Waals surface area contributed by atoms with Crippen LogP contribution in [0.2, 0.25) is 5.02 Å². The van der Waals surface area contributed by atoms with Crippen LogP contribution in [0.3, 0.4) is 0 Å². The van der Waals surface area contributed by atoms with Gasteiger partial charge < -0.3 is 25.0 Å². The number of ether oxygens (including phenoxy) is 2. The maximum Gasteiger partial charge on any atom is 0.408 e. The van der Waals surface area contributed by atoms with Gasteiger partial charge in [0.25, 0.3) is 0 Å². The molecule has 0 spiro atoms. The third kappa shape index (κ3) is 6.62. The van der Waals surface area contributed by atoms with Gasteiger partial charge in [-0.15, -0.1) is 0 Å². The van der Waals surface area contributed by atoms with Crippen molar-refractivity contribution in [1.29, 1.82) is 0 Å². The highest BCUT2D eigenvalue weighted by atomic mass is 35.5. The monoisotopic (exact) mass is 578 g/mol. The maximum absolute atomic E-state index is 12.3. The quantitative estimate of drug-likeness (QED) is 0.257. The van der Waals surface area contributed by atoms with Crippen molar-refractivity contribution in [2.24, 2.45) is 0 Å². The number of aromatic amines is 1. The summed E-state index contributed by atoms with van der Waals surface area (Å²) in [6, 6.07) is 9.61. The van der Waals surface area contributed by atoms with Crippen molar-refractivity contribution in [1.82, 2.24) is 30.5 Å². The highest BCUT2D eigenvalue weighted by Crippen LogP contribution is 2.35. The first-order valence-corrected chi connectivity index (χ1v) is 13.9. The van der Waals surface area contributed by atoms with Crippen LogP contribution in [0, 0.1) is 0 Å². The Morgan fingerprint density at radius 1 is 1.15 bits per heavy atom. The van der Waals surface area contributed by atoms with Crippen LogP contribution in [0.25, 0.3) is 22.4 Å². The molecule has 0 radical (unpaired) electrons. The number of halogens is 1. The first-order valence-electron chi connectivity index (χ1n) is 13.5. The first-order chi connectivity index (χ1) is 19.5. The molecule has 11 nitrogen and oxygen atoms in total. The SMILES string of the molecule is COc1ccc(CNc2nccc(-c3n[nH]c4nc(N5CCC(C)(NC(=O)OC(C)(C)C)CC5)cnc34)c2Cl)cc1. The summed E-state index contributed by atoms with van der Waals surface area (Å²) in [5.74, 6) is 2.10. The predicted octanol–water partition coefficient (Wildman–Crippen LogP) is 5.57. The van der Waals surface area contributed by atoms with Crippen molar-refractivity contribution < 1.29 is 14.3 Å². The smallest absolute Gasteiger partial charge is 0.408 e. The van der Waals surface area contributed by atoms with Gasteiger partial charge in [0.2, 0.25) is 0 Å². The molecular weight excluding hydrogens is 544 g/mol. The molecule has 5 rings (SSSR count). The minimum Gasteiger partial charge on any atom is -0.497 e. The highest BCUT2D eigenvalue weighted by molar-refractivity contribution is 6.35. The van der Waals surface area contributed by atoms with Crippen LogP contribution in [0.4, 0.5) is 16.4 Å². The molecule has 0 aliphatic carbocycles. The summed E-state index contributed by atoms with van der Waals surface area (Å²) in [4.78, 5) is 28.4. The summed E-state index contributed by atoms with van der Waals surface area (Å²) >= 11 is 6.77. The number of methoxy groups -OCH3 is 1. The number of carbonyl (C=O) groups is 1. The molecule has 3 N–H and O–H groups in total. The van der Waals surface area contributed by atoms with Gasteiger partial charge in [0.1, 0.15) is 34.2 Å². The fourth-order valence-electron chi connectivity index (χ4n) is 4.72. The van der Waals surface area contributed by atoms with Gasteiger partial charge in [-0.2, -0.15) is 5.10 Å². The van der Waals surface area contributed by atoms with Crippen LogP contribution in [0.15, 0.2) is 42.7 Å². The van der Waals surface area contributed by atoms with E-state index in [4.69, 9.17) is 31.0 Å². The number of aromatic nitrogens is 5. The summed E-state index contributed by atoms with van der Waals surface area (Å²) in [7, 11) is 1.64. The molecule has 12 heteroatoms. The Morgan fingerprint density at radius 2 is 1.88 bits per heavy atom. The Kier molecular flexibility index (Phi) is 7.90. The van der Waals surface area contributed by atoms with E-state index in [-0.39, 0.29) is 5.54 Å². The summed E-state index contributed by atoms with van der Waals surface area (Å²) in [5, 5.41) is 14.3. The highest BCUT2D eigenvalue weighted by Gasteiger charge is 2.33. The molecule has 1 aliphatic rings. The number of piperidine rings is 1. The number of nitrogens with zero attached hydrogens (tertiary/aromatic N) is 5. The molecule has 1 saturated heterocycles. The second-order valence-corrected chi connectivity index (χ2v) is 11.8. The average Bonchev–Trinajstić information content (AvgIpc) is 3.35. The molecule has 4 heterocycles. The van der Waals surface area contributed by atoms with Gasteiger partial charge in [0, 0.05) is 36.9 Å². The van der Waals surface area contributed by atoms with Crippen molar-refractivity contribution in [3.8, 4) is 17.0 Å². The summed E-state index contributed by atoms with van der Waals surface area (Å²) < 4.78 is 10.7. The lowest BCUT2D eigenvalue weighted by Crippen LogP contribution is -2.54. The van der Waals surface area contributed by atoms with Gasteiger partial charge in [0.05, 0.1) is 18.3 Å². The Hall–Kier alpha value is -4.12. The van der Waals surface area contributed by atoms with E-state index < -0.39 is 11.7 Å². The summed E-state index contributed by atoms with van der Waals surface area (Å²) in [6.45, 7) is 9.59. The van der Waals surface area contributed by atoms with Crippen LogP contribution >= 0.6 is 11.6 Å². The Labute approximate surface area is 244 Å². The zero-order valence-corrected chi connectivity index (χ0v) is 24.7. The fraction of sp³-hybridized carbons (Fsp3) is 0.414. The third-order valence-electron chi connectivity index (χ3n) is 7.01. The number of anilines is 2. The van der Waals surface area contributed by atoms with Crippen molar-refractivity contribution in [3.63, 3.8) is 0 Å².